The molecule has 1 aromatic carbocycles. The number of hydrogen-bond donors (Lipinski definition) is 4. The Hall–Kier alpha value is -3.49. The van der Waals surface area contributed by atoms with E-state index in [2.05, 4.69) is 15.2 Å². The summed E-state index contributed by atoms with van der Waals surface area (Å²) in [4.78, 5) is 18.7. The van der Waals surface area contributed by atoms with Crippen molar-refractivity contribution in [2.24, 2.45) is 5.73 Å². The Kier molecular flexibility index (Phi) is 7.31. The molecule has 0 spiro atoms. The van der Waals surface area contributed by atoms with E-state index < -0.39 is 0 Å². The van der Waals surface area contributed by atoms with E-state index in [4.69, 9.17) is 21.6 Å². The van der Waals surface area contributed by atoms with Gasteiger partial charge in [-0.05, 0) is 35.4 Å². The molecule has 0 radical (unpaired) electrons. The number of ether oxygens (including phenoxy) is 1. The molecule has 0 saturated carbocycles. The lowest BCUT2D eigenvalue weighted by atomic mass is 10.0. The van der Waals surface area contributed by atoms with Crippen LogP contribution in [-0.2, 0) is 16.1 Å². The second kappa shape index (κ2) is 10.3. The zero-order chi connectivity index (χ0) is 21.3. The average Bonchev–Trinajstić information content (AvgIpc) is 2.76. The molecule has 0 aliphatic carbocycles. The first-order chi connectivity index (χ1) is 14.6. The lowest BCUT2D eigenvalue weighted by molar-refractivity contribution is -0.111. The number of rotatable bonds is 7. The fraction of sp³-hybridized carbons (Fsp3) is 0.227. The zero-order valence-electron chi connectivity index (χ0n) is 16.7. The normalized spacial score (nSPS) is 15.3. The van der Waals surface area contributed by atoms with Crippen LogP contribution in [0.2, 0.25) is 0 Å². The zero-order valence-corrected chi connectivity index (χ0v) is 16.7. The number of aromatic nitrogens is 1. The number of hydrogen-bond acceptors (Lipinski definition) is 7. The summed E-state index contributed by atoms with van der Waals surface area (Å²) in [5.41, 5.74) is 15.0. The highest BCUT2D eigenvalue weighted by atomic mass is 16.5. The second-order valence-electron chi connectivity index (χ2n) is 6.87. The summed E-state index contributed by atoms with van der Waals surface area (Å²) in [7, 11) is 0. The van der Waals surface area contributed by atoms with Gasteiger partial charge in [-0.25, -0.2) is 4.98 Å². The molecule has 1 saturated heterocycles. The maximum atomic E-state index is 12.3. The van der Waals surface area contributed by atoms with Crippen LogP contribution in [0.1, 0.15) is 16.7 Å². The Labute approximate surface area is 175 Å². The molecule has 1 fully saturated rings. The molecular weight excluding hydrogens is 380 g/mol. The Morgan fingerprint density at radius 2 is 2.00 bits per heavy atom. The van der Waals surface area contributed by atoms with Crippen molar-refractivity contribution in [1.82, 2.24) is 9.88 Å². The summed E-state index contributed by atoms with van der Waals surface area (Å²) in [6, 6.07) is 9.43. The Balaban J connectivity index is 1.63. The van der Waals surface area contributed by atoms with E-state index >= 15 is 0 Å². The molecule has 0 unspecified atom stereocenters. The van der Waals surface area contributed by atoms with E-state index in [1.165, 1.54) is 17.8 Å². The van der Waals surface area contributed by atoms with Gasteiger partial charge in [0.15, 0.2) is 0 Å². The summed E-state index contributed by atoms with van der Waals surface area (Å²) in [6.07, 6.45) is 7.03. The highest BCUT2D eigenvalue weighted by Crippen LogP contribution is 2.20. The van der Waals surface area contributed by atoms with Gasteiger partial charge in [-0.2, -0.15) is 0 Å². The van der Waals surface area contributed by atoms with Crippen LogP contribution in [-0.4, -0.2) is 48.3 Å². The number of carbonyl (C=O) groups is 1. The van der Waals surface area contributed by atoms with Gasteiger partial charge in [0.25, 0.3) is 0 Å². The largest absolute Gasteiger partial charge is 0.404 e. The van der Waals surface area contributed by atoms with Gasteiger partial charge in [-0.3, -0.25) is 9.69 Å². The summed E-state index contributed by atoms with van der Waals surface area (Å²) >= 11 is 0. The molecule has 30 heavy (non-hydrogen) atoms. The van der Waals surface area contributed by atoms with Crippen molar-refractivity contribution in [2.45, 2.75) is 6.54 Å². The molecule has 8 heteroatoms. The van der Waals surface area contributed by atoms with Crippen LogP contribution < -0.4 is 16.8 Å². The smallest absolute Gasteiger partial charge is 0.248 e. The van der Waals surface area contributed by atoms with E-state index in [0.717, 1.165) is 39.1 Å². The van der Waals surface area contributed by atoms with Crippen LogP contribution in [0.4, 0.5) is 11.5 Å². The van der Waals surface area contributed by atoms with E-state index in [0.29, 0.717) is 28.2 Å². The van der Waals surface area contributed by atoms with Gasteiger partial charge in [-0.1, -0.05) is 12.1 Å². The quantitative estimate of drug-likeness (QED) is 0.411. The monoisotopic (exact) mass is 406 g/mol. The van der Waals surface area contributed by atoms with E-state index in [1.807, 2.05) is 24.3 Å². The maximum absolute atomic E-state index is 12.3. The predicted molar refractivity (Wildman–Crippen MR) is 120 cm³/mol. The standard InChI is InChI=1S/C22H26N6O2/c23-12-18(13-24)20-11-21(25)26-14-17(20)3-6-22(29)27-19-4-1-16(2-5-19)15-28-7-9-30-10-8-28/h1-6,11-14,23H,7-10,15,24H2,(H2,25,26)(H,27,29)/b6-3+,18-13?,23-12?. The number of benzene rings is 1. The third-order valence-corrected chi connectivity index (χ3v) is 4.75. The average molecular weight is 406 g/mol. The minimum absolute atomic E-state index is 0.271. The number of amides is 1. The first-order valence-corrected chi connectivity index (χ1v) is 9.65. The summed E-state index contributed by atoms with van der Waals surface area (Å²) in [6.45, 7) is 4.28. The molecule has 156 valence electrons. The van der Waals surface area contributed by atoms with Crippen LogP contribution >= 0.6 is 0 Å². The SMILES string of the molecule is N=CC(=CN)c1cc(N)ncc1/C=C/C(=O)Nc1ccc(CN2CCOCC2)cc1. The molecule has 2 heterocycles. The van der Waals surface area contributed by atoms with Crippen LogP contribution in [0, 0.1) is 5.41 Å². The van der Waals surface area contributed by atoms with E-state index in [1.54, 1.807) is 18.3 Å². The minimum Gasteiger partial charge on any atom is -0.404 e. The molecule has 0 atom stereocenters. The van der Waals surface area contributed by atoms with Crippen molar-refractivity contribution < 1.29 is 9.53 Å². The van der Waals surface area contributed by atoms with Crippen LogP contribution in [0.5, 0.6) is 0 Å². The Morgan fingerprint density at radius 1 is 1.27 bits per heavy atom. The van der Waals surface area contributed by atoms with Crippen molar-refractivity contribution in [3.8, 4) is 0 Å². The Morgan fingerprint density at radius 3 is 2.67 bits per heavy atom. The molecule has 1 aromatic heterocycles. The summed E-state index contributed by atoms with van der Waals surface area (Å²) < 4.78 is 5.37. The molecule has 3 rings (SSSR count). The van der Waals surface area contributed by atoms with Crippen molar-refractivity contribution in [3.63, 3.8) is 0 Å². The molecule has 1 aliphatic heterocycles. The number of nitrogens with zero attached hydrogens (tertiary/aromatic N) is 2. The number of carbonyl (C=O) groups excluding carboxylic acids is 1. The maximum Gasteiger partial charge on any atom is 0.248 e. The lowest BCUT2D eigenvalue weighted by Gasteiger charge is -2.26. The Bertz CT molecular complexity index is 947. The van der Waals surface area contributed by atoms with Gasteiger partial charge < -0.3 is 26.9 Å². The van der Waals surface area contributed by atoms with Crippen LogP contribution in [0.3, 0.4) is 0 Å². The molecule has 2 aromatic rings. The molecule has 0 bridgehead atoms. The van der Waals surface area contributed by atoms with Crippen molar-refractivity contribution >= 4 is 35.3 Å². The molecule has 8 nitrogen and oxygen atoms in total. The summed E-state index contributed by atoms with van der Waals surface area (Å²) in [5.74, 6) is 0.0387. The topological polar surface area (TPSA) is 130 Å². The third-order valence-electron chi connectivity index (χ3n) is 4.75. The number of morpholine rings is 1. The van der Waals surface area contributed by atoms with Crippen LogP contribution in [0.15, 0.2) is 48.8 Å². The first-order valence-electron chi connectivity index (χ1n) is 9.65. The van der Waals surface area contributed by atoms with Crippen molar-refractivity contribution in [3.05, 3.63) is 65.5 Å². The number of allylic oxidation sites excluding steroid dienone is 1. The van der Waals surface area contributed by atoms with E-state index in [-0.39, 0.29) is 5.91 Å². The fourth-order valence-corrected chi connectivity index (χ4v) is 3.14. The molecule has 1 aliphatic rings. The van der Waals surface area contributed by atoms with Gasteiger partial charge in [0.05, 0.1) is 13.2 Å². The van der Waals surface area contributed by atoms with Crippen molar-refractivity contribution in [1.29, 1.82) is 5.41 Å². The number of pyridine rings is 1. The third kappa shape index (κ3) is 5.76. The second-order valence-corrected chi connectivity index (χ2v) is 6.87. The van der Waals surface area contributed by atoms with Gasteiger partial charge >= 0.3 is 0 Å². The number of nitrogens with two attached hydrogens (primary N) is 2. The number of nitrogens with one attached hydrogen (secondary N) is 2. The number of anilines is 2. The highest BCUT2D eigenvalue weighted by molar-refractivity contribution is 6.10. The molecule has 1 amide bonds. The van der Waals surface area contributed by atoms with Gasteiger partial charge in [0.1, 0.15) is 5.82 Å². The lowest BCUT2D eigenvalue weighted by Crippen LogP contribution is -2.35. The molecule has 6 N–H and O–H groups in total. The van der Waals surface area contributed by atoms with Gasteiger partial charge in [0, 0.05) is 61.1 Å². The van der Waals surface area contributed by atoms with Gasteiger partial charge in [-0.15, -0.1) is 0 Å². The predicted octanol–water partition coefficient (Wildman–Crippen LogP) is 2.10. The fourth-order valence-electron chi connectivity index (χ4n) is 3.14. The molecular formula is C22H26N6O2. The minimum atomic E-state index is -0.271. The number of nitrogen functional groups attached to an aromatic ring is 1. The van der Waals surface area contributed by atoms with Crippen molar-refractivity contribution in [2.75, 3.05) is 37.4 Å². The summed E-state index contributed by atoms with van der Waals surface area (Å²) in [5, 5.41) is 10.3. The first kappa shape index (κ1) is 21.2. The van der Waals surface area contributed by atoms with Crippen LogP contribution in [0.25, 0.3) is 11.6 Å². The highest BCUT2D eigenvalue weighted by Gasteiger charge is 2.11. The van der Waals surface area contributed by atoms with E-state index in [9.17, 15) is 4.79 Å². The van der Waals surface area contributed by atoms with Gasteiger partial charge in [0.2, 0.25) is 5.91 Å².